The Bertz CT molecular complexity index is 1640. The Balaban J connectivity index is 1.65. The average molecular weight is 640 g/mol. The highest BCUT2D eigenvalue weighted by Gasteiger charge is 2.31. The monoisotopic (exact) mass is 639 g/mol. The fraction of sp³-hybridized carbons (Fsp3) is 0.455. The number of nitrogen functional groups attached to an aromatic ring is 1. The first-order chi connectivity index (χ1) is 21.0. The Morgan fingerprint density at radius 3 is 2.48 bits per heavy atom. The maximum absolute atomic E-state index is 13.6. The van der Waals surface area contributed by atoms with Gasteiger partial charge in [0.2, 0.25) is 5.95 Å². The summed E-state index contributed by atoms with van der Waals surface area (Å²) in [5.74, 6) is 0.859. The third-order valence-electron chi connectivity index (χ3n) is 8.20. The number of anilines is 4. The highest BCUT2D eigenvalue weighted by Crippen LogP contribution is 2.45. The number of nitrogens with two attached hydrogens (primary N) is 1. The van der Waals surface area contributed by atoms with E-state index in [-0.39, 0.29) is 27.8 Å². The highest BCUT2D eigenvalue weighted by atomic mass is 35.5. The highest BCUT2D eigenvalue weighted by molar-refractivity contribution is 7.92. The minimum atomic E-state index is -3.69. The molecule has 0 radical (unpaired) electrons. The molecule has 2 aliphatic heterocycles. The summed E-state index contributed by atoms with van der Waals surface area (Å²) in [6.45, 7) is 12.9. The van der Waals surface area contributed by atoms with Crippen LogP contribution < -0.4 is 15.4 Å². The number of aromatic nitrogens is 2. The minimum Gasteiger partial charge on any atom is -0.489 e. The molecule has 0 saturated carbocycles. The van der Waals surface area contributed by atoms with Crippen LogP contribution in [0, 0.1) is 6.92 Å². The zero-order valence-corrected chi connectivity index (χ0v) is 27.7. The van der Waals surface area contributed by atoms with E-state index in [1.54, 1.807) is 43.0 Å². The number of benzene rings is 2. The van der Waals surface area contributed by atoms with Gasteiger partial charge in [-0.3, -0.25) is 9.80 Å². The van der Waals surface area contributed by atoms with E-state index in [2.05, 4.69) is 33.9 Å². The molecule has 1 saturated heterocycles. The van der Waals surface area contributed by atoms with Crippen molar-refractivity contribution < 1.29 is 17.9 Å². The standard InChI is InChI=1S/C33H42ClN5O4S/c1-21(2)43-30-19-26(24-10-14-38(15-11-24)25-12-16-42-17-13-25)23(5)18-29(30)39(33-36-20-27(34)32(35)37-33)28-8-6-7-9-31(28)44(40,41)22(3)4/h6-10,18-22,25H,11-17H2,1-5H3,(H2,35,36,37). The van der Waals surface area contributed by atoms with Gasteiger partial charge in [-0.05, 0) is 94.8 Å². The van der Waals surface area contributed by atoms with E-state index in [4.69, 9.17) is 26.8 Å². The van der Waals surface area contributed by atoms with Crippen molar-refractivity contribution in [3.63, 3.8) is 0 Å². The van der Waals surface area contributed by atoms with Crippen molar-refractivity contribution in [1.82, 2.24) is 14.9 Å². The van der Waals surface area contributed by atoms with Gasteiger partial charge in [-0.15, -0.1) is 0 Å². The summed E-state index contributed by atoms with van der Waals surface area (Å²) in [7, 11) is -3.69. The number of hydrogen-bond acceptors (Lipinski definition) is 9. The molecule has 9 nitrogen and oxygen atoms in total. The van der Waals surface area contributed by atoms with Gasteiger partial charge in [-0.2, -0.15) is 4.98 Å². The first kappa shape index (κ1) is 32.2. The van der Waals surface area contributed by atoms with E-state index in [1.165, 1.54) is 11.8 Å². The molecule has 0 spiro atoms. The topological polar surface area (TPSA) is 111 Å². The second-order valence-electron chi connectivity index (χ2n) is 11.9. The molecule has 0 aliphatic carbocycles. The Labute approximate surface area is 266 Å². The summed E-state index contributed by atoms with van der Waals surface area (Å²) >= 11 is 6.21. The molecule has 11 heteroatoms. The van der Waals surface area contributed by atoms with Gasteiger partial charge < -0.3 is 15.2 Å². The molecule has 0 bridgehead atoms. The van der Waals surface area contributed by atoms with Crippen molar-refractivity contribution in [2.75, 3.05) is 36.9 Å². The number of para-hydroxylation sites is 1. The largest absolute Gasteiger partial charge is 0.489 e. The lowest BCUT2D eigenvalue weighted by atomic mass is 9.93. The molecule has 0 unspecified atom stereocenters. The lowest BCUT2D eigenvalue weighted by Crippen LogP contribution is -2.41. The average Bonchev–Trinajstić information content (AvgIpc) is 3.00. The Morgan fingerprint density at radius 1 is 1.11 bits per heavy atom. The molecule has 44 heavy (non-hydrogen) atoms. The second-order valence-corrected chi connectivity index (χ2v) is 14.8. The molecule has 5 rings (SSSR count). The van der Waals surface area contributed by atoms with Gasteiger partial charge in [0, 0.05) is 32.3 Å². The number of sulfone groups is 1. The lowest BCUT2D eigenvalue weighted by molar-refractivity contribution is 0.0378. The summed E-state index contributed by atoms with van der Waals surface area (Å²) in [6, 6.07) is 11.5. The van der Waals surface area contributed by atoms with Crippen molar-refractivity contribution in [2.45, 2.75) is 76.2 Å². The van der Waals surface area contributed by atoms with Crippen LogP contribution in [0.3, 0.4) is 0 Å². The minimum absolute atomic E-state index is 0.0898. The Morgan fingerprint density at radius 2 is 1.84 bits per heavy atom. The summed E-state index contributed by atoms with van der Waals surface area (Å²) in [4.78, 5) is 13.4. The van der Waals surface area contributed by atoms with Gasteiger partial charge in [-0.1, -0.05) is 29.8 Å². The molecule has 3 aromatic rings. The van der Waals surface area contributed by atoms with Gasteiger partial charge in [0.1, 0.15) is 16.6 Å². The van der Waals surface area contributed by atoms with Gasteiger partial charge in [0.25, 0.3) is 0 Å². The first-order valence-electron chi connectivity index (χ1n) is 15.2. The number of halogens is 1. The van der Waals surface area contributed by atoms with E-state index >= 15 is 0 Å². The molecule has 0 atom stereocenters. The van der Waals surface area contributed by atoms with E-state index in [9.17, 15) is 8.42 Å². The number of nitrogens with zero attached hydrogens (tertiary/aromatic N) is 4. The Hall–Kier alpha value is -3.18. The fourth-order valence-electron chi connectivity index (χ4n) is 5.81. The van der Waals surface area contributed by atoms with Gasteiger partial charge >= 0.3 is 0 Å². The first-order valence-corrected chi connectivity index (χ1v) is 17.1. The second kappa shape index (κ2) is 13.4. The predicted molar refractivity (Wildman–Crippen MR) is 177 cm³/mol. The van der Waals surface area contributed by atoms with E-state index in [0.717, 1.165) is 56.7 Å². The van der Waals surface area contributed by atoms with Crippen LogP contribution in [0.1, 0.15) is 58.1 Å². The summed E-state index contributed by atoms with van der Waals surface area (Å²) in [5.41, 5.74) is 10.5. The molecule has 2 aromatic carbocycles. The molecule has 1 aromatic heterocycles. The zero-order valence-electron chi connectivity index (χ0n) is 26.1. The summed E-state index contributed by atoms with van der Waals surface area (Å²) < 4.78 is 39.2. The van der Waals surface area contributed by atoms with Gasteiger partial charge in [-0.25, -0.2) is 13.4 Å². The molecule has 2 N–H and O–H groups in total. The normalized spacial score (nSPS) is 16.8. The van der Waals surface area contributed by atoms with Gasteiger partial charge in [0.15, 0.2) is 9.84 Å². The Kier molecular flexibility index (Phi) is 9.84. The quantitative estimate of drug-likeness (QED) is 0.272. The molecule has 0 amide bonds. The maximum Gasteiger partial charge on any atom is 0.236 e. The summed E-state index contributed by atoms with van der Waals surface area (Å²) in [5, 5.41) is -0.433. The molecule has 1 fully saturated rings. The third kappa shape index (κ3) is 6.73. The smallest absolute Gasteiger partial charge is 0.236 e. The maximum atomic E-state index is 13.6. The predicted octanol–water partition coefficient (Wildman–Crippen LogP) is 6.73. The van der Waals surface area contributed by atoms with Crippen LogP contribution in [0.4, 0.5) is 23.1 Å². The molecule has 236 valence electrons. The number of ether oxygens (including phenoxy) is 2. The van der Waals surface area contributed by atoms with Crippen LogP contribution in [0.15, 0.2) is 53.6 Å². The fourth-order valence-corrected chi connectivity index (χ4v) is 7.13. The van der Waals surface area contributed by atoms with E-state index < -0.39 is 15.1 Å². The van der Waals surface area contributed by atoms with Crippen molar-refractivity contribution in [1.29, 1.82) is 0 Å². The van der Waals surface area contributed by atoms with Crippen LogP contribution in [0.25, 0.3) is 5.57 Å². The van der Waals surface area contributed by atoms with Crippen molar-refractivity contribution in [3.8, 4) is 5.75 Å². The van der Waals surface area contributed by atoms with Crippen molar-refractivity contribution in [3.05, 3.63) is 64.8 Å². The number of hydrogen-bond donors (Lipinski definition) is 1. The van der Waals surface area contributed by atoms with Gasteiger partial charge in [0.05, 0.1) is 33.8 Å². The van der Waals surface area contributed by atoms with Crippen molar-refractivity contribution in [2.24, 2.45) is 0 Å². The van der Waals surface area contributed by atoms with E-state index in [0.29, 0.717) is 23.2 Å². The molecular formula is C33H42ClN5O4S. The van der Waals surface area contributed by atoms with Crippen molar-refractivity contribution >= 4 is 50.2 Å². The van der Waals surface area contributed by atoms with Crippen LogP contribution in [-0.4, -0.2) is 67.0 Å². The molecule has 3 heterocycles. The van der Waals surface area contributed by atoms with Crippen LogP contribution in [-0.2, 0) is 14.6 Å². The molecule has 2 aliphatic rings. The van der Waals surface area contributed by atoms with E-state index in [1.807, 2.05) is 19.9 Å². The van der Waals surface area contributed by atoms with Crippen LogP contribution in [0.2, 0.25) is 5.02 Å². The zero-order chi connectivity index (χ0) is 31.6. The lowest BCUT2D eigenvalue weighted by Gasteiger charge is -2.36. The SMILES string of the molecule is Cc1cc(N(c2ncc(Cl)c(N)n2)c2ccccc2S(=O)(=O)C(C)C)c(OC(C)C)cc1C1=CCN(C2CCOCC2)CC1. The third-order valence-corrected chi connectivity index (χ3v) is 10.7. The molecular weight excluding hydrogens is 598 g/mol. The van der Waals surface area contributed by atoms with Crippen LogP contribution in [0.5, 0.6) is 5.75 Å². The number of rotatable bonds is 9. The van der Waals surface area contributed by atoms with Crippen LogP contribution >= 0.6 is 11.6 Å². The number of aryl methyl sites for hydroxylation is 1. The summed E-state index contributed by atoms with van der Waals surface area (Å²) in [6.07, 6.45) is 6.67.